The quantitative estimate of drug-likeness (QED) is 0.626. The zero-order chi connectivity index (χ0) is 9.47. The summed E-state index contributed by atoms with van der Waals surface area (Å²) in [6.45, 7) is 0. The van der Waals surface area contributed by atoms with Crippen LogP contribution in [0.4, 0.5) is 3.89 Å². The second-order valence-corrected chi connectivity index (χ2v) is 3.64. The normalized spacial score (nSPS) is 12.1. The third-order valence-electron chi connectivity index (χ3n) is 1.46. The molecule has 0 fully saturated rings. The summed E-state index contributed by atoms with van der Waals surface area (Å²) in [5, 5.41) is 2.86. The molecule has 2 aromatic rings. The van der Waals surface area contributed by atoms with Gasteiger partial charge < -0.3 is 0 Å². The lowest BCUT2D eigenvalue weighted by atomic mass is 10.6. The highest BCUT2D eigenvalue weighted by Crippen LogP contribution is 2.11. The molecule has 0 aliphatic rings. The molecule has 0 saturated carbocycles. The Bertz CT molecular complexity index is 515. The van der Waals surface area contributed by atoms with Crippen molar-refractivity contribution < 1.29 is 12.3 Å². The Hall–Kier alpha value is -1.50. The second-order valence-electron chi connectivity index (χ2n) is 2.34. The molecule has 13 heavy (non-hydrogen) atoms. The van der Waals surface area contributed by atoms with Crippen LogP contribution < -0.4 is 0 Å². The molecule has 0 bridgehead atoms. The maximum atomic E-state index is 12.4. The predicted octanol–water partition coefficient (Wildman–Crippen LogP) is 0.387. The van der Waals surface area contributed by atoms with Crippen molar-refractivity contribution in [2.24, 2.45) is 0 Å². The van der Waals surface area contributed by atoms with E-state index in [0.717, 1.165) is 6.07 Å². The summed E-state index contributed by atoms with van der Waals surface area (Å²) < 4.78 is 34.5. The van der Waals surface area contributed by atoms with E-state index >= 15 is 0 Å². The van der Waals surface area contributed by atoms with Crippen molar-refractivity contribution in [2.45, 2.75) is 5.03 Å². The number of rotatable bonds is 1. The minimum atomic E-state index is -4.74. The zero-order valence-electron chi connectivity index (χ0n) is 6.25. The van der Waals surface area contributed by atoms with Gasteiger partial charge in [0.2, 0.25) is 5.03 Å². The Morgan fingerprint density at radius 3 is 2.85 bits per heavy atom. The highest BCUT2D eigenvalue weighted by molar-refractivity contribution is 7.86. The highest BCUT2D eigenvalue weighted by atomic mass is 32.3. The van der Waals surface area contributed by atoms with Crippen LogP contribution in [0, 0.1) is 0 Å². The van der Waals surface area contributed by atoms with Crippen LogP contribution >= 0.6 is 0 Å². The van der Waals surface area contributed by atoms with E-state index in [-0.39, 0.29) is 0 Å². The monoisotopic (exact) mass is 201 g/mol. The molecule has 7 heteroatoms. The molecule has 68 valence electrons. The minimum Gasteiger partial charge on any atom is -0.237 e. The Morgan fingerprint density at radius 2 is 2.23 bits per heavy atom. The van der Waals surface area contributed by atoms with Gasteiger partial charge in [0.25, 0.3) is 0 Å². The van der Waals surface area contributed by atoms with Crippen molar-refractivity contribution in [1.82, 2.24) is 14.6 Å². The fourth-order valence-electron chi connectivity index (χ4n) is 0.928. The first-order valence-corrected chi connectivity index (χ1v) is 4.71. The van der Waals surface area contributed by atoms with E-state index in [4.69, 9.17) is 0 Å². The largest absolute Gasteiger partial charge is 0.351 e. The van der Waals surface area contributed by atoms with E-state index < -0.39 is 15.2 Å². The standard InChI is InChI=1S/C6H4FN3O2S/c7-13(11,12)6-4-5-8-2-1-3-10(5)9-6/h1-4H. The summed E-state index contributed by atoms with van der Waals surface area (Å²) in [6, 6.07) is 2.63. The number of hydrogen-bond donors (Lipinski definition) is 0. The molecule has 5 nitrogen and oxygen atoms in total. The van der Waals surface area contributed by atoms with Gasteiger partial charge in [0.1, 0.15) is 0 Å². The van der Waals surface area contributed by atoms with Gasteiger partial charge in [0, 0.05) is 18.5 Å². The van der Waals surface area contributed by atoms with Crippen LogP contribution in [0.15, 0.2) is 29.6 Å². The molecule has 0 amide bonds. The summed E-state index contributed by atoms with van der Waals surface area (Å²) in [4.78, 5) is 3.78. The zero-order valence-corrected chi connectivity index (χ0v) is 7.07. The molecule has 2 rings (SSSR count). The molecule has 0 aliphatic carbocycles. The lowest BCUT2D eigenvalue weighted by molar-refractivity contribution is 0.546. The number of nitrogens with zero attached hydrogens (tertiary/aromatic N) is 3. The highest BCUT2D eigenvalue weighted by Gasteiger charge is 2.16. The first-order valence-electron chi connectivity index (χ1n) is 3.32. The topological polar surface area (TPSA) is 64.3 Å². The van der Waals surface area contributed by atoms with Gasteiger partial charge in [-0.05, 0) is 6.07 Å². The van der Waals surface area contributed by atoms with Crippen LogP contribution in [-0.2, 0) is 10.2 Å². The smallest absolute Gasteiger partial charge is 0.237 e. The molecular weight excluding hydrogens is 197 g/mol. The predicted molar refractivity (Wildman–Crippen MR) is 41.3 cm³/mol. The van der Waals surface area contributed by atoms with Crippen LogP contribution in [0.5, 0.6) is 0 Å². The molecule has 2 heterocycles. The second kappa shape index (κ2) is 2.49. The fourth-order valence-corrected chi connectivity index (χ4v) is 1.36. The van der Waals surface area contributed by atoms with Crippen molar-refractivity contribution in [2.75, 3.05) is 0 Å². The molecular formula is C6H4FN3O2S. The van der Waals surface area contributed by atoms with Crippen LogP contribution in [0.25, 0.3) is 5.65 Å². The Kier molecular flexibility index (Phi) is 1.56. The molecule has 0 atom stereocenters. The Morgan fingerprint density at radius 1 is 1.46 bits per heavy atom. The van der Waals surface area contributed by atoms with Crippen molar-refractivity contribution in [3.05, 3.63) is 24.5 Å². The van der Waals surface area contributed by atoms with Gasteiger partial charge in [-0.2, -0.15) is 13.5 Å². The summed E-state index contributed by atoms with van der Waals surface area (Å²) in [7, 11) is -4.74. The number of aromatic nitrogens is 3. The number of halogens is 1. The number of hydrogen-bond acceptors (Lipinski definition) is 4. The van der Waals surface area contributed by atoms with E-state index in [0.29, 0.717) is 5.65 Å². The lowest BCUT2D eigenvalue weighted by Crippen LogP contribution is -1.93. The third kappa shape index (κ3) is 1.37. The van der Waals surface area contributed by atoms with E-state index in [1.807, 2.05) is 0 Å². The van der Waals surface area contributed by atoms with E-state index in [1.54, 1.807) is 6.07 Å². The van der Waals surface area contributed by atoms with Gasteiger partial charge in [-0.1, -0.05) is 3.89 Å². The maximum Gasteiger partial charge on any atom is 0.351 e. The Balaban J connectivity index is 2.77. The van der Waals surface area contributed by atoms with Gasteiger partial charge in [0.15, 0.2) is 5.65 Å². The maximum absolute atomic E-state index is 12.4. The SMILES string of the molecule is O=S(=O)(F)c1cc2ncccn2n1. The van der Waals surface area contributed by atoms with Gasteiger partial charge >= 0.3 is 10.2 Å². The van der Waals surface area contributed by atoms with Crippen molar-refractivity contribution in [1.29, 1.82) is 0 Å². The van der Waals surface area contributed by atoms with Gasteiger partial charge in [-0.25, -0.2) is 9.50 Å². The van der Waals surface area contributed by atoms with Crippen LogP contribution in [0.2, 0.25) is 0 Å². The molecule has 0 radical (unpaired) electrons. The van der Waals surface area contributed by atoms with Crippen LogP contribution in [-0.4, -0.2) is 23.0 Å². The molecule has 0 aliphatic heterocycles. The first kappa shape index (κ1) is 8.11. The molecule has 0 aromatic carbocycles. The van der Waals surface area contributed by atoms with Crippen LogP contribution in [0.1, 0.15) is 0 Å². The fraction of sp³-hybridized carbons (Fsp3) is 0. The third-order valence-corrected chi connectivity index (χ3v) is 2.16. The summed E-state index contributed by atoms with van der Waals surface area (Å²) in [6.07, 6.45) is 2.95. The summed E-state index contributed by atoms with van der Waals surface area (Å²) in [5.41, 5.74) is 0.290. The average Bonchev–Trinajstić information content (AvgIpc) is 2.45. The average molecular weight is 201 g/mol. The van der Waals surface area contributed by atoms with E-state index in [2.05, 4.69) is 10.1 Å². The van der Waals surface area contributed by atoms with Crippen molar-refractivity contribution >= 4 is 15.9 Å². The van der Waals surface area contributed by atoms with Crippen molar-refractivity contribution in [3.8, 4) is 0 Å². The molecule has 2 aromatic heterocycles. The molecule has 0 saturated heterocycles. The summed E-state index contributed by atoms with van der Waals surface area (Å²) >= 11 is 0. The van der Waals surface area contributed by atoms with Crippen molar-refractivity contribution in [3.63, 3.8) is 0 Å². The first-order chi connectivity index (χ1) is 6.07. The van der Waals surface area contributed by atoms with Gasteiger partial charge in [-0.15, -0.1) is 0 Å². The van der Waals surface area contributed by atoms with Gasteiger partial charge in [-0.3, -0.25) is 0 Å². The molecule has 0 spiro atoms. The number of fused-ring (bicyclic) bond motifs is 1. The van der Waals surface area contributed by atoms with Gasteiger partial charge in [0.05, 0.1) is 0 Å². The van der Waals surface area contributed by atoms with Crippen LogP contribution in [0.3, 0.4) is 0 Å². The molecule has 0 N–H and O–H groups in total. The van der Waals surface area contributed by atoms with E-state index in [1.165, 1.54) is 16.9 Å². The Labute approximate surface area is 73.0 Å². The minimum absolute atomic E-state index is 0.290. The molecule has 0 unspecified atom stereocenters. The summed E-state index contributed by atoms with van der Waals surface area (Å²) in [5.74, 6) is 0. The lowest BCUT2D eigenvalue weighted by Gasteiger charge is -1.86. The van der Waals surface area contributed by atoms with E-state index in [9.17, 15) is 12.3 Å².